The second-order valence-corrected chi connectivity index (χ2v) is 6.37. The fourth-order valence-corrected chi connectivity index (χ4v) is 3.37. The number of hydrogen-bond acceptors (Lipinski definition) is 1. The number of hydrogen-bond donors (Lipinski definition) is 0. The van der Waals surface area contributed by atoms with E-state index in [4.69, 9.17) is 0 Å². The first-order valence-electron chi connectivity index (χ1n) is 7.07. The van der Waals surface area contributed by atoms with E-state index >= 15 is 0 Å². The smallest absolute Gasteiger partial charge is 0.136 e. The third kappa shape index (κ3) is 2.82. The minimum atomic E-state index is 0.234. The number of benzene rings is 1. The first-order chi connectivity index (χ1) is 8.50. The highest BCUT2D eigenvalue weighted by Crippen LogP contribution is 2.44. The van der Waals surface area contributed by atoms with Crippen LogP contribution in [0.2, 0.25) is 0 Å². The zero-order valence-electron chi connectivity index (χ0n) is 11.8. The maximum absolute atomic E-state index is 11.9. The van der Waals surface area contributed by atoms with Gasteiger partial charge in [-0.15, -0.1) is 0 Å². The molecule has 18 heavy (non-hydrogen) atoms. The topological polar surface area (TPSA) is 17.1 Å². The molecule has 1 saturated carbocycles. The Bertz CT molecular complexity index is 405. The molecule has 1 nitrogen and oxygen atoms in total. The Morgan fingerprint density at radius 2 is 1.89 bits per heavy atom. The molecule has 0 heterocycles. The average Bonchev–Trinajstić information content (AvgIpc) is 2.35. The lowest BCUT2D eigenvalue weighted by molar-refractivity contribution is -0.130. The molecule has 0 spiro atoms. The summed E-state index contributed by atoms with van der Waals surface area (Å²) >= 11 is 0. The van der Waals surface area contributed by atoms with Crippen LogP contribution in [0.15, 0.2) is 30.3 Å². The molecule has 1 fully saturated rings. The Balaban J connectivity index is 2.04. The third-order valence-corrected chi connectivity index (χ3v) is 4.72. The fourth-order valence-electron chi connectivity index (χ4n) is 3.37. The van der Waals surface area contributed by atoms with Gasteiger partial charge in [-0.3, -0.25) is 4.79 Å². The van der Waals surface area contributed by atoms with Crippen LogP contribution in [0.3, 0.4) is 0 Å². The van der Waals surface area contributed by atoms with Crippen LogP contribution in [0, 0.1) is 17.3 Å². The molecule has 2 unspecified atom stereocenters. The average molecular weight is 244 g/mol. The lowest BCUT2D eigenvalue weighted by Gasteiger charge is -2.42. The molecule has 98 valence electrons. The van der Waals surface area contributed by atoms with Crippen molar-refractivity contribution in [2.75, 3.05) is 0 Å². The summed E-state index contributed by atoms with van der Waals surface area (Å²) in [5, 5.41) is 0. The summed E-state index contributed by atoms with van der Waals surface area (Å²) in [5.41, 5.74) is 1.70. The second-order valence-electron chi connectivity index (χ2n) is 6.37. The maximum Gasteiger partial charge on any atom is 0.136 e. The molecule has 1 heteroatoms. The van der Waals surface area contributed by atoms with Crippen molar-refractivity contribution in [2.45, 2.75) is 46.5 Å². The molecule has 1 aromatic carbocycles. The van der Waals surface area contributed by atoms with Crippen molar-refractivity contribution in [1.29, 1.82) is 0 Å². The number of carbonyl (C=O) groups is 1. The lowest BCUT2D eigenvalue weighted by Crippen LogP contribution is -2.39. The number of Topliss-reactive ketones (excluding diaryl/α,β-unsaturated/α-hetero) is 1. The van der Waals surface area contributed by atoms with Gasteiger partial charge in [0.05, 0.1) is 0 Å². The minimum Gasteiger partial charge on any atom is -0.299 e. The van der Waals surface area contributed by atoms with Crippen LogP contribution in [0.4, 0.5) is 0 Å². The van der Waals surface area contributed by atoms with Gasteiger partial charge in [0.1, 0.15) is 5.78 Å². The zero-order valence-corrected chi connectivity index (χ0v) is 11.8. The van der Waals surface area contributed by atoms with Gasteiger partial charge >= 0.3 is 0 Å². The van der Waals surface area contributed by atoms with Gasteiger partial charge in [-0.25, -0.2) is 0 Å². The van der Waals surface area contributed by atoms with Crippen molar-refractivity contribution in [1.82, 2.24) is 0 Å². The van der Waals surface area contributed by atoms with Gasteiger partial charge < -0.3 is 0 Å². The molecular formula is C17H24O. The zero-order chi connectivity index (χ0) is 13.2. The van der Waals surface area contributed by atoms with Crippen LogP contribution in [0.5, 0.6) is 0 Å². The summed E-state index contributed by atoms with van der Waals surface area (Å²) in [7, 11) is 0. The van der Waals surface area contributed by atoms with Gasteiger partial charge in [-0.1, -0.05) is 51.1 Å². The van der Waals surface area contributed by atoms with Crippen molar-refractivity contribution in [3.05, 3.63) is 35.9 Å². The van der Waals surface area contributed by atoms with Crippen molar-refractivity contribution < 1.29 is 4.79 Å². The van der Waals surface area contributed by atoms with E-state index in [0.29, 0.717) is 17.1 Å². The van der Waals surface area contributed by atoms with Gasteiger partial charge in [0.25, 0.3) is 0 Å². The molecule has 0 aromatic heterocycles. The summed E-state index contributed by atoms with van der Waals surface area (Å²) in [4.78, 5) is 11.9. The van der Waals surface area contributed by atoms with E-state index in [-0.39, 0.29) is 5.92 Å². The minimum absolute atomic E-state index is 0.234. The van der Waals surface area contributed by atoms with Crippen LogP contribution in [0.25, 0.3) is 0 Å². The summed E-state index contributed by atoms with van der Waals surface area (Å²) < 4.78 is 0. The van der Waals surface area contributed by atoms with E-state index in [2.05, 4.69) is 51.1 Å². The van der Waals surface area contributed by atoms with Gasteiger partial charge in [0.15, 0.2) is 0 Å². The van der Waals surface area contributed by atoms with Crippen LogP contribution in [-0.2, 0) is 11.2 Å². The number of aryl methyl sites for hydroxylation is 1. The van der Waals surface area contributed by atoms with Gasteiger partial charge in [-0.2, -0.15) is 0 Å². The van der Waals surface area contributed by atoms with Crippen molar-refractivity contribution in [3.63, 3.8) is 0 Å². The predicted molar refractivity (Wildman–Crippen MR) is 75.4 cm³/mol. The van der Waals surface area contributed by atoms with Crippen LogP contribution < -0.4 is 0 Å². The Kier molecular flexibility index (Phi) is 3.89. The quantitative estimate of drug-likeness (QED) is 0.776. The largest absolute Gasteiger partial charge is 0.299 e. The first kappa shape index (κ1) is 13.3. The second kappa shape index (κ2) is 5.26. The number of rotatable bonds is 3. The Labute approximate surface area is 111 Å². The van der Waals surface area contributed by atoms with E-state index in [0.717, 1.165) is 25.7 Å². The highest BCUT2D eigenvalue weighted by molar-refractivity contribution is 5.81. The summed E-state index contributed by atoms with van der Waals surface area (Å²) in [6, 6.07) is 10.6. The van der Waals surface area contributed by atoms with Crippen molar-refractivity contribution >= 4 is 5.78 Å². The van der Waals surface area contributed by atoms with E-state index in [1.807, 2.05) is 0 Å². The molecule has 0 N–H and O–H groups in total. The molecule has 1 aromatic rings. The maximum atomic E-state index is 11.9. The molecule has 2 rings (SSSR count). The van der Waals surface area contributed by atoms with Gasteiger partial charge in [0.2, 0.25) is 0 Å². The highest BCUT2D eigenvalue weighted by Gasteiger charge is 2.40. The summed E-state index contributed by atoms with van der Waals surface area (Å²) in [5.74, 6) is 1.23. The van der Waals surface area contributed by atoms with E-state index in [1.54, 1.807) is 0 Å². The number of ketones is 1. The predicted octanol–water partition coefficient (Wildman–Crippen LogP) is 4.26. The van der Waals surface area contributed by atoms with Crippen LogP contribution in [-0.4, -0.2) is 5.78 Å². The van der Waals surface area contributed by atoms with E-state index < -0.39 is 0 Å². The monoisotopic (exact) mass is 244 g/mol. The van der Waals surface area contributed by atoms with Crippen LogP contribution >= 0.6 is 0 Å². The number of carbonyl (C=O) groups excluding carboxylic acids is 1. The van der Waals surface area contributed by atoms with Crippen molar-refractivity contribution in [3.8, 4) is 0 Å². The molecule has 1 aliphatic rings. The molecule has 0 amide bonds. The lowest BCUT2D eigenvalue weighted by atomic mass is 9.62. The van der Waals surface area contributed by atoms with Crippen LogP contribution in [0.1, 0.15) is 45.6 Å². The molecule has 0 aliphatic heterocycles. The standard InChI is InChI=1S/C17H24O/c1-13-15(17(2,3)12-11-16(13)18)10-9-14-7-5-4-6-8-14/h4-8,13,15H,9-12H2,1-3H3. The third-order valence-electron chi connectivity index (χ3n) is 4.72. The molecule has 1 aliphatic carbocycles. The van der Waals surface area contributed by atoms with E-state index in [9.17, 15) is 4.79 Å². The Morgan fingerprint density at radius 1 is 1.22 bits per heavy atom. The van der Waals surface area contributed by atoms with Crippen molar-refractivity contribution in [2.24, 2.45) is 17.3 Å². The Hall–Kier alpha value is -1.11. The highest BCUT2D eigenvalue weighted by atomic mass is 16.1. The van der Waals surface area contributed by atoms with Gasteiger partial charge in [-0.05, 0) is 36.2 Å². The fraction of sp³-hybridized carbons (Fsp3) is 0.588. The molecular weight excluding hydrogens is 220 g/mol. The first-order valence-corrected chi connectivity index (χ1v) is 7.07. The molecule has 2 atom stereocenters. The summed E-state index contributed by atoms with van der Waals surface area (Å²) in [6.07, 6.45) is 4.04. The molecule has 0 saturated heterocycles. The summed E-state index contributed by atoms with van der Waals surface area (Å²) in [6.45, 7) is 6.77. The van der Waals surface area contributed by atoms with Gasteiger partial charge in [0, 0.05) is 12.3 Å². The normalized spacial score (nSPS) is 27.2. The Morgan fingerprint density at radius 3 is 2.56 bits per heavy atom. The molecule has 0 radical (unpaired) electrons. The molecule has 0 bridgehead atoms. The van der Waals surface area contributed by atoms with E-state index in [1.165, 1.54) is 5.56 Å². The SMILES string of the molecule is CC1C(=O)CCC(C)(C)C1CCc1ccccc1.